The second-order valence-electron chi connectivity index (χ2n) is 4.10. The zero-order valence-corrected chi connectivity index (χ0v) is 13.2. The van der Waals surface area contributed by atoms with E-state index < -0.39 is 5.82 Å². The first-order chi connectivity index (χ1) is 9.01. The first-order valence-corrected chi connectivity index (χ1v) is 7.25. The fraction of sp³-hybridized carbons (Fsp3) is 0.231. The zero-order valence-electron chi connectivity index (χ0n) is 10.3. The lowest BCUT2D eigenvalue weighted by Crippen LogP contribution is -2.05. The smallest absolute Gasteiger partial charge is 0.161 e. The van der Waals surface area contributed by atoms with Gasteiger partial charge in [-0.05, 0) is 47.2 Å². The highest BCUT2D eigenvalue weighted by Crippen LogP contribution is 2.25. The number of hydrogen-bond donors (Lipinski definition) is 1. The molecule has 100 valence electrons. The first-order valence-electron chi connectivity index (χ1n) is 5.79. The van der Waals surface area contributed by atoms with Crippen LogP contribution < -0.4 is 5.73 Å². The Morgan fingerprint density at radius 3 is 2.68 bits per heavy atom. The van der Waals surface area contributed by atoms with Crippen molar-refractivity contribution in [1.82, 2.24) is 9.97 Å². The number of aromatic nitrogens is 2. The Labute approximate surface area is 129 Å². The summed E-state index contributed by atoms with van der Waals surface area (Å²) in [6.07, 6.45) is 1.76. The van der Waals surface area contributed by atoms with Crippen LogP contribution in [0.2, 0.25) is 5.02 Å². The van der Waals surface area contributed by atoms with Crippen LogP contribution in [0.1, 0.15) is 19.0 Å². The lowest BCUT2D eigenvalue weighted by Gasteiger charge is -2.08. The van der Waals surface area contributed by atoms with Gasteiger partial charge in [0.25, 0.3) is 0 Å². The van der Waals surface area contributed by atoms with E-state index in [2.05, 4.69) is 39.5 Å². The van der Waals surface area contributed by atoms with Crippen LogP contribution in [-0.4, -0.2) is 9.97 Å². The van der Waals surface area contributed by atoms with Crippen LogP contribution >= 0.6 is 34.2 Å². The number of halogens is 3. The third kappa shape index (κ3) is 3.33. The van der Waals surface area contributed by atoms with Gasteiger partial charge >= 0.3 is 0 Å². The van der Waals surface area contributed by atoms with Crippen LogP contribution in [-0.2, 0) is 6.42 Å². The molecule has 1 aromatic carbocycles. The molecule has 0 saturated carbocycles. The highest BCUT2D eigenvalue weighted by molar-refractivity contribution is 14.1. The molecule has 3 nitrogen and oxygen atoms in total. The standard InChI is InChI=1S/C13H12ClFIN3/c1-2-3-10-11(16)12(17)19-13(18-10)7-4-8(14)6-9(15)5-7/h4-6H,2-3H2,1H3,(H2,17,18,19). The van der Waals surface area contributed by atoms with Gasteiger partial charge in [0.1, 0.15) is 11.6 Å². The number of nitrogen functional groups attached to an aromatic ring is 1. The van der Waals surface area contributed by atoms with Gasteiger partial charge in [-0.2, -0.15) is 0 Å². The topological polar surface area (TPSA) is 51.8 Å². The van der Waals surface area contributed by atoms with Crippen LogP contribution in [0.25, 0.3) is 11.4 Å². The fourth-order valence-electron chi connectivity index (χ4n) is 1.73. The summed E-state index contributed by atoms with van der Waals surface area (Å²) in [7, 11) is 0. The summed E-state index contributed by atoms with van der Waals surface area (Å²) in [5.74, 6) is 0.400. The van der Waals surface area contributed by atoms with Gasteiger partial charge < -0.3 is 5.73 Å². The Bertz CT molecular complexity index is 599. The zero-order chi connectivity index (χ0) is 14.0. The van der Waals surface area contributed by atoms with E-state index in [0.29, 0.717) is 22.2 Å². The largest absolute Gasteiger partial charge is 0.383 e. The van der Waals surface area contributed by atoms with Crippen LogP contribution in [0, 0.1) is 9.39 Å². The molecule has 2 rings (SSSR count). The maximum atomic E-state index is 13.4. The van der Waals surface area contributed by atoms with E-state index in [-0.39, 0.29) is 0 Å². The summed E-state index contributed by atoms with van der Waals surface area (Å²) < 4.78 is 14.2. The average molecular weight is 392 g/mol. The molecule has 0 atom stereocenters. The van der Waals surface area contributed by atoms with Crippen molar-refractivity contribution in [2.75, 3.05) is 5.73 Å². The maximum absolute atomic E-state index is 13.4. The van der Waals surface area contributed by atoms with E-state index >= 15 is 0 Å². The molecule has 0 bridgehead atoms. The van der Waals surface area contributed by atoms with Crippen molar-refractivity contribution in [3.8, 4) is 11.4 Å². The van der Waals surface area contributed by atoms with Gasteiger partial charge in [-0.25, -0.2) is 14.4 Å². The highest BCUT2D eigenvalue weighted by Gasteiger charge is 2.12. The lowest BCUT2D eigenvalue weighted by molar-refractivity contribution is 0.628. The van der Waals surface area contributed by atoms with Crippen molar-refractivity contribution in [2.45, 2.75) is 19.8 Å². The molecule has 0 aliphatic heterocycles. The second-order valence-corrected chi connectivity index (χ2v) is 5.62. The molecule has 19 heavy (non-hydrogen) atoms. The summed E-state index contributed by atoms with van der Waals surface area (Å²) in [6, 6.07) is 4.22. The summed E-state index contributed by atoms with van der Waals surface area (Å²) in [5.41, 5.74) is 7.29. The summed E-state index contributed by atoms with van der Waals surface area (Å²) in [4.78, 5) is 8.65. The van der Waals surface area contributed by atoms with Crippen LogP contribution in [0.4, 0.5) is 10.2 Å². The molecule has 0 radical (unpaired) electrons. The van der Waals surface area contributed by atoms with E-state index in [1.807, 2.05) is 0 Å². The number of hydrogen-bond acceptors (Lipinski definition) is 3. The minimum atomic E-state index is -0.416. The minimum absolute atomic E-state index is 0.313. The van der Waals surface area contributed by atoms with Crippen molar-refractivity contribution in [2.24, 2.45) is 0 Å². The van der Waals surface area contributed by atoms with E-state index in [1.54, 1.807) is 6.07 Å². The van der Waals surface area contributed by atoms with Gasteiger partial charge in [-0.15, -0.1) is 0 Å². The number of anilines is 1. The molecule has 2 aromatic rings. The molecule has 1 heterocycles. The van der Waals surface area contributed by atoms with E-state index in [4.69, 9.17) is 17.3 Å². The van der Waals surface area contributed by atoms with E-state index in [1.165, 1.54) is 12.1 Å². The third-order valence-corrected chi connectivity index (χ3v) is 3.95. The maximum Gasteiger partial charge on any atom is 0.161 e. The van der Waals surface area contributed by atoms with Gasteiger partial charge in [0, 0.05) is 10.6 Å². The minimum Gasteiger partial charge on any atom is -0.383 e. The molecule has 0 saturated heterocycles. The Morgan fingerprint density at radius 1 is 1.32 bits per heavy atom. The number of rotatable bonds is 3. The molecule has 6 heteroatoms. The molecule has 1 aromatic heterocycles. The van der Waals surface area contributed by atoms with Gasteiger partial charge in [0.2, 0.25) is 0 Å². The molecule has 0 aliphatic carbocycles. The Balaban J connectivity index is 2.55. The van der Waals surface area contributed by atoms with Crippen molar-refractivity contribution < 1.29 is 4.39 Å². The Morgan fingerprint density at radius 2 is 2.05 bits per heavy atom. The normalized spacial score (nSPS) is 10.7. The molecular formula is C13H12ClFIN3. The molecule has 0 unspecified atom stereocenters. The van der Waals surface area contributed by atoms with Crippen LogP contribution in [0.5, 0.6) is 0 Å². The number of nitrogens with two attached hydrogens (primary N) is 1. The molecule has 2 N–H and O–H groups in total. The van der Waals surface area contributed by atoms with Crippen molar-refractivity contribution in [3.05, 3.63) is 38.3 Å². The average Bonchev–Trinajstić information content (AvgIpc) is 2.33. The molecule has 0 aliphatic rings. The number of aryl methyl sites for hydroxylation is 1. The third-order valence-electron chi connectivity index (χ3n) is 2.55. The highest BCUT2D eigenvalue weighted by atomic mass is 127. The molecule has 0 fully saturated rings. The first kappa shape index (κ1) is 14.5. The molecule has 0 spiro atoms. The summed E-state index contributed by atoms with van der Waals surface area (Å²) in [6.45, 7) is 2.06. The van der Waals surface area contributed by atoms with Gasteiger partial charge in [0.15, 0.2) is 5.82 Å². The van der Waals surface area contributed by atoms with Crippen LogP contribution in [0.3, 0.4) is 0 Å². The number of benzene rings is 1. The van der Waals surface area contributed by atoms with E-state index in [0.717, 1.165) is 22.1 Å². The van der Waals surface area contributed by atoms with E-state index in [9.17, 15) is 4.39 Å². The van der Waals surface area contributed by atoms with Crippen LogP contribution in [0.15, 0.2) is 18.2 Å². The quantitative estimate of drug-likeness (QED) is 0.802. The number of nitrogens with zero attached hydrogens (tertiary/aromatic N) is 2. The molecular weight excluding hydrogens is 380 g/mol. The molecule has 0 amide bonds. The SMILES string of the molecule is CCCc1nc(-c2cc(F)cc(Cl)c2)nc(N)c1I. The van der Waals surface area contributed by atoms with Gasteiger partial charge in [-0.3, -0.25) is 0 Å². The fourth-order valence-corrected chi connectivity index (χ4v) is 2.46. The Kier molecular flexibility index (Phi) is 4.57. The lowest BCUT2D eigenvalue weighted by atomic mass is 10.2. The summed E-state index contributed by atoms with van der Waals surface area (Å²) >= 11 is 7.97. The predicted octanol–water partition coefficient (Wildman–Crippen LogP) is 4.08. The second kappa shape index (κ2) is 6.00. The van der Waals surface area contributed by atoms with Crippen molar-refractivity contribution in [3.63, 3.8) is 0 Å². The predicted molar refractivity (Wildman–Crippen MR) is 83.6 cm³/mol. The van der Waals surface area contributed by atoms with Crippen molar-refractivity contribution in [1.29, 1.82) is 0 Å². The Hall–Kier alpha value is -0.950. The van der Waals surface area contributed by atoms with Gasteiger partial charge in [0.05, 0.1) is 9.26 Å². The van der Waals surface area contributed by atoms with Gasteiger partial charge in [-0.1, -0.05) is 24.9 Å². The summed E-state index contributed by atoms with van der Waals surface area (Å²) in [5, 5.41) is 0.313. The monoisotopic (exact) mass is 391 g/mol. The van der Waals surface area contributed by atoms with Crippen molar-refractivity contribution >= 4 is 40.0 Å².